The third kappa shape index (κ3) is 2.21. The second-order valence-electron chi connectivity index (χ2n) is 4.49. The van der Waals surface area contributed by atoms with Crippen molar-refractivity contribution in [2.45, 2.75) is 25.4 Å². The van der Waals surface area contributed by atoms with Crippen LogP contribution < -0.4 is 5.32 Å². The average Bonchev–Trinajstić information content (AvgIpc) is 2.94. The summed E-state index contributed by atoms with van der Waals surface area (Å²) >= 11 is 1.74. The molecule has 0 aliphatic heterocycles. The summed E-state index contributed by atoms with van der Waals surface area (Å²) in [6.07, 6.45) is 2.19. The van der Waals surface area contributed by atoms with Crippen molar-refractivity contribution < 1.29 is 5.11 Å². The van der Waals surface area contributed by atoms with Crippen LogP contribution in [-0.2, 0) is 13.0 Å². The molecule has 1 aliphatic rings. The van der Waals surface area contributed by atoms with Crippen LogP contribution in [0.15, 0.2) is 35.0 Å². The fourth-order valence-corrected chi connectivity index (χ4v) is 3.12. The summed E-state index contributed by atoms with van der Waals surface area (Å²) in [5.41, 5.74) is 3.98. The minimum atomic E-state index is 0.377. The lowest BCUT2D eigenvalue weighted by molar-refractivity contribution is 0.474. The molecule has 0 amide bonds. The van der Waals surface area contributed by atoms with Gasteiger partial charge >= 0.3 is 0 Å². The summed E-state index contributed by atoms with van der Waals surface area (Å²) < 4.78 is 0. The third-order valence-corrected chi connectivity index (χ3v) is 4.07. The number of aromatic hydroxyl groups is 1. The zero-order valence-electron chi connectivity index (χ0n) is 9.52. The Balaban J connectivity index is 1.71. The van der Waals surface area contributed by atoms with E-state index >= 15 is 0 Å². The molecular formula is C14H15NOS. The summed E-state index contributed by atoms with van der Waals surface area (Å²) in [5.74, 6) is 0.377. The highest BCUT2D eigenvalue weighted by Gasteiger charge is 2.21. The summed E-state index contributed by atoms with van der Waals surface area (Å²) in [5, 5.41) is 17.3. The van der Waals surface area contributed by atoms with E-state index in [1.165, 1.54) is 16.7 Å². The van der Waals surface area contributed by atoms with E-state index in [4.69, 9.17) is 0 Å². The van der Waals surface area contributed by atoms with Gasteiger partial charge in [0, 0.05) is 12.6 Å². The third-order valence-electron chi connectivity index (χ3n) is 3.34. The Morgan fingerprint density at radius 3 is 3.12 bits per heavy atom. The topological polar surface area (TPSA) is 32.3 Å². The van der Waals surface area contributed by atoms with Gasteiger partial charge in [-0.15, -0.1) is 0 Å². The fourth-order valence-electron chi connectivity index (χ4n) is 2.45. The number of phenols is 1. The summed E-state index contributed by atoms with van der Waals surface area (Å²) in [6, 6.07) is 8.31. The van der Waals surface area contributed by atoms with Crippen LogP contribution in [0.1, 0.15) is 29.2 Å². The molecule has 1 unspecified atom stereocenters. The van der Waals surface area contributed by atoms with Crippen molar-refractivity contribution in [2.24, 2.45) is 0 Å². The van der Waals surface area contributed by atoms with Crippen LogP contribution in [0, 0.1) is 0 Å². The van der Waals surface area contributed by atoms with Crippen LogP contribution in [-0.4, -0.2) is 5.11 Å². The number of hydrogen-bond donors (Lipinski definition) is 2. The molecule has 0 fully saturated rings. The number of benzene rings is 1. The molecule has 1 aromatic carbocycles. The molecule has 3 rings (SSSR count). The lowest BCUT2D eigenvalue weighted by atomic mass is 10.1. The number of hydrogen-bond acceptors (Lipinski definition) is 3. The number of rotatable bonds is 3. The van der Waals surface area contributed by atoms with E-state index in [-0.39, 0.29) is 0 Å². The van der Waals surface area contributed by atoms with Crippen LogP contribution in [0.2, 0.25) is 0 Å². The van der Waals surface area contributed by atoms with E-state index in [2.05, 4.69) is 22.1 Å². The normalized spacial score (nSPS) is 18.2. The Kier molecular flexibility index (Phi) is 2.87. The quantitative estimate of drug-likeness (QED) is 0.870. The average molecular weight is 245 g/mol. The van der Waals surface area contributed by atoms with Crippen molar-refractivity contribution >= 4 is 11.3 Å². The van der Waals surface area contributed by atoms with Crippen LogP contribution in [0.25, 0.3) is 0 Å². The van der Waals surface area contributed by atoms with E-state index in [1.54, 1.807) is 17.4 Å². The number of aryl methyl sites for hydroxylation is 1. The van der Waals surface area contributed by atoms with Gasteiger partial charge in [-0.05, 0) is 58.5 Å². The van der Waals surface area contributed by atoms with E-state index in [0.717, 1.165) is 19.4 Å². The van der Waals surface area contributed by atoms with Gasteiger partial charge in [-0.25, -0.2) is 0 Å². The molecule has 0 spiro atoms. The highest BCUT2D eigenvalue weighted by Crippen LogP contribution is 2.33. The molecule has 0 saturated carbocycles. The zero-order valence-corrected chi connectivity index (χ0v) is 10.3. The van der Waals surface area contributed by atoms with Gasteiger partial charge in [0.25, 0.3) is 0 Å². The molecule has 0 radical (unpaired) electrons. The molecule has 0 saturated heterocycles. The molecule has 2 nitrogen and oxygen atoms in total. The fraction of sp³-hybridized carbons (Fsp3) is 0.286. The highest BCUT2D eigenvalue weighted by molar-refractivity contribution is 7.07. The SMILES string of the molecule is Oc1ccc2c(c1)CCC2NCc1ccsc1. The second-order valence-corrected chi connectivity index (χ2v) is 5.27. The molecule has 2 N–H and O–H groups in total. The molecule has 17 heavy (non-hydrogen) atoms. The lowest BCUT2D eigenvalue weighted by Crippen LogP contribution is -2.18. The minimum absolute atomic E-state index is 0.377. The van der Waals surface area contributed by atoms with Gasteiger partial charge in [0.15, 0.2) is 0 Å². The number of nitrogens with one attached hydrogen (secondary N) is 1. The Morgan fingerprint density at radius 2 is 2.29 bits per heavy atom. The number of fused-ring (bicyclic) bond motifs is 1. The highest BCUT2D eigenvalue weighted by atomic mass is 32.1. The molecular weight excluding hydrogens is 230 g/mol. The first-order valence-corrected chi connectivity index (χ1v) is 6.83. The first-order chi connectivity index (χ1) is 8.33. The maximum atomic E-state index is 9.44. The Hall–Kier alpha value is -1.32. The van der Waals surface area contributed by atoms with E-state index in [9.17, 15) is 5.11 Å². The van der Waals surface area contributed by atoms with Crippen molar-refractivity contribution in [3.63, 3.8) is 0 Å². The zero-order chi connectivity index (χ0) is 11.7. The van der Waals surface area contributed by atoms with Crippen LogP contribution in [0.5, 0.6) is 5.75 Å². The molecule has 3 heteroatoms. The molecule has 1 aromatic heterocycles. The monoisotopic (exact) mass is 245 g/mol. The van der Waals surface area contributed by atoms with Crippen LogP contribution in [0.4, 0.5) is 0 Å². The van der Waals surface area contributed by atoms with Gasteiger partial charge in [-0.3, -0.25) is 0 Å². The Morgan fingerprint density at radius 1 is 1.35 bits per heavy atom. The molecule has 0 bridgehead atoms. The first kappa shape index (κ1) is 10.8. The lowest BCUT2D eigenvalue weighted by Gasteiger charge is -2.13. The minimum Gasteiger partial charge on any atom is -0.508 e. The summed E-state index contributed by atoms with van der Waals surface area (Å²) in [7, 11) is 0. The van der Waals surface area contributed by atoms with Crippen molar-refractivity contribution in [2.75, 3.05) is 0 Å². The van der Waals surface area contributed by atoms with Gasteiger partial charge in [0.05, 0.1) is 0 Å². The van der Waals surface area contributed by atoms with E-state index in [0.29, 0.717) is 11.8 Å². The van der Waals surface area contributed by atoms with Gasteiger partial charge in [-0.2, -0.15) is 11.3 Å². The molecule has 1 aliphatic carbocycles. The Labute approximate surface area is 105 Å². The van der Waals surface area contributed by atoms with E-state index in [1.807, 2.05) is 12.1 Å². The maximum Gasteiger partial charge on any atom is 0.115 e. The van der Waals surface area contributed by atoms with Crippen molar-refractivity contribution in [1.29, 1.82) is 0 Å². The van der Waals surface area contributed by atoms with Crippen LogP contribution >= 0.6 is 11.3 Å². The standard InChI is InChI=1S/C14H15NOS/c16-12-2-3-13-11(7-12)1-4-14(13)15-8-10-5-6-17-9-10/h2-3,5-7,9,14-16H,1,4,8H2. The Bertz CT molecular complexity index is 507. The van der Waals surface area contributed by atoms with Crippen molar-refractivity contribution in [1.82, 2.24) is 5.32 Å². The van der Waals surface area contributed by atoms with Gasteiger partial charge in [0.1, 0.15) is 5.75 Å². The van der Waals surface area contributed by atoms with Gasteiger partial charge in [-0.1, -0.05) is 6.07 Å². The summed E-state index contributed by atoms with van der Waals surface area (Å²) in [4.78, 5) is 0. The largest absolute Gasteiger partial charge is 0.508 e. The number of thiophene rings is 1. The van der Waals surface area contributed by atoms with Gasteiger partial charge < -0.3 is 10.4 Å². The van der Waals surface area contributed by atoms with Crippen molar-refractivity contribution in [3.05, 3.63) is 51.7 Å². The first-order valence-electron chi connectivity index (χ1n) is 5.89. The smallest absolute Gasteiger partial charge is 0.115 e. The number of phenolic OH excluding ortho intramolecular Hbond substituents is 1. The maximum absolute atomic E-state index is 9.44. The second kappa shape index (κ2) is 4.51. The van der Waals surface area contributed by atoms with Crippen molar-refractivity contribution in [3.8, 4) is 5.75 Å². The molecule has 88 valence electrons. The molecule has 1 heterocycles. The van der Waals surface area contributed by atoms with Crippen LogP contribution in [0.3, 0.4) is 0 Å². The van der Waals surface area contributed by atoms with Gasteiger partial charge in [0.2, 0.25) is 0 Å². The molecule has 2 aromatic rings. The molecule has 1 atom stereocenters. The predicted octanol–water partition coefficient (Wildman–Crippen LogP) is 3.23. The van der Waals surface area contributed by atoms with E-state index < -0.39 is 0 Å². The summed E-state index contributed by atoms with van der Waals surface area (Å²) in [6.45, 7) is 0.925. The predicted molar refractivity (Wildman–Crippen MR) is 70.3 cm³/mol.